The maximum atomic E-state index is 12.7. The third-order valence-electron chi connectivity index (χ3n) is 4.56. The number of furan rings is 1. The fourth-order valence-electron chi connectivity index (χ4n) is 2.76. The normalized spacial score (nSPS) is 11.1. The highest BCUT2D eigenvalue weighted by Gasteiger charge is 2.20. The molecule has 0 aliphatic rings. The van der Waals surface area contributed by atoms with E-state index in [2.05, 4.69) is 21.5 Å². The molecular weight excluding hydrogens is 428 g/mol. The summed E-state index contributed by atoms with van der Waals surface area (Å²) >= 11 is 0. The molecule has 3 aromatic rings. The molecule has 10 nitrogen and oxygen atoms in total. The minimum atomic E-state index is -0.984. The van der Waals surface area contributed by atoms with Crippen molar-refractivity contribution in [1.82, 2.24) is 16.2 Å². The Morgan fingerprint density at radius 1 is 0.848 bits per heavy atom. The number of carbonyl (C=O) groups is 4. The van der Waals surface area contributed by atoms with Crippen LogP contribution in [0.5, 0.6) is 5.75 Å². The Balaban J connectivity index is 1.57. The zero-order valence-corrected chi connectivity index (χ0v) is 17.9. The Kier molecular flexibility index (Phi) is 7.43. The second-order valence-electron chi connectivity index (χ2n) is 6.84. The van der Waals surface area contributed by atoms with Gasteiger partial charge in [0.2, 0.25) is 0 Å². The molecule has 0 radical (unpaired) electrons. The number of hydrogen-bond donors (Lipinski definition) is 4. The summed E-state index contributed by atoms with van der Waals surface area (Å²) in [7, 11) is 1.51. The molecule has 4 N–H and O–H groups in total. The SMILES string of the molecule is COc1ccc(C(=O)NNC(=O)[C@H](C)NC(=O)c2ccccc2NC(=O)c2ccco2)cc1. The second-order valence-corrected chi connectivity index (χ2v) is 6.84. The van der Waals surface area contributed by atoms with Gasteiger partial charge in [0, 0.05) is 5.56 Å². The van der Waals surface area contributed by atoms with Gasteiger partial charge in [0.15, 0.2) is 5.76 Å². The first-order valence-electron chi connectivity index (χ1n) is 9.88. The third-order valence-corrected chi connectivity index (χ3v) is 4.56. The van der Waals surface area contributed by atoms with Crippen molar-refractivity contribution in [3.8, 4) is 5.75 Å². The number of anilines is 1. The van der Waals surface area contributed by atoms with Crippen LogP contribution in [-0.2, 0) is 4.79 Å². The molecule has 1 aromatic heterocycles. The van der Waals surface area contributed by atoms with Crippen LogP contribution in [0.1, 0.15) is 38.2 Å². The summed E-state index contributed by atoms with van der Waals surface area (Å²) < 4.78 is 10.1. The highest BCUT2D eigenvalue weighted by atomic mass is 16.5. The van der Waals surface area contributed by atoms with E-state index in [0.29, 0.717) is 11.3 Å². The molecule has 0 saturated heterocycles. The lowest BCUT2D eigenvalue weighted by atomic mass is 10.1. The molecule has 0 bridgehead atoms. The molecule has 0 aliphatic carbocycles. The van der Waals surface area contributed by atoms with Gasteiger partial charge in [-0.2, -0.15) is 0 Å². The molecule has 170 valence electrons. The number of nitrogens with one attached hydrogen (secondary N) is 4. The predicted molar refractivity (Wildman–Crippen MR) is 119 cm³/mol. The molecule has 0 aliphatic heterocycles. The van der Waals surface area contributed by atoms with Gasteiger partial charge >= 0.3 is 0 Å². The van der Waals surface area contributed by atoms with Crippen LogP contribution < -0.4 is 26.2 Å². The number of para-hydroxylation sites is 1. The average molecular weight is 450 g/mol. The molecule has 33 heavy (non-hydrogen) atoms. The summed E-state index contributed by atoms with van der Waals surface area (Å²) in [5.74, 6) is -1.60. The number of hydrogen-bond acceptors (Lipinski definition) is 6. The van der Waals surface area contributed by atoms with E-state index in [1.807, 2.05) is 0 Å². The predicted octanol–water partition coefficient (Wildman–Crippen LogP) is 2.12. The van der Waals surface area contributed by atoms with Gasteiger partial charge < -0.3 is 19.8 Å². The molecule has 0 saturated carbocycles. The van der Waals surface area contributed by atoms with Gasteiger partial charge in [-0.1, -0.05) is 12.1 Å². The molecule has 0 fully saturated rings. The average Bonchev–Trinajstić information content (AvgIpc) is 3.38. The molecule has 0 spiro atoms. The van der Waals surface area contributed by atoms with Gasteiger partial charge in [-0.05, 0) is 55.5 Å². The summed E-state index contributed by atoms with van der Waals surface area (Å²) in [5, 5.41) is 5.13. The number of hydrazine groups is 1. The fourth-order valence-corrected chi connectivity index (χ4v) is 2.76. The van der Waals surface area contributed by atoms with Gasteiger partial charge in [0.25, 0.3) is 23.6 Å². The number of ether oxygens (including phenoxy) is 1. The maximum Gasteiger partial charge on any atom is 0.291 e. The minimum Gasteiger partial charge on any atom is -0.497 e. The summed E-state index contributed by atoms with van der Waals surface area (Å²) in [6, 6.07) is 14.7. The van der Waals surface area contributed by atoms with Crippen molar-refractivity contribution < 1.29 is 28.3 Å². The van der Waals surface area contributed by atoms with Crippen LogP contribution in [0.2, 0.25) is 0 Å². The van der Waals surface area contributed by atoms with Crippen molar-refractivity contribution in [3.05, 3.63) is 83.8 Å². The van der Waals surface area contributed by atoms with Crippen LogP contribution in [0.25, 0.3) is 0 Å². The molecule has 4 amide bonds. The van der Waals surface area contributed by atoms with Gasteiger partial charge in [-0.25, -0.2) is 0 Å². The van der Waals surface area contributed by atoms with Gasteiger partial charge in [-0.15, -0.1) is 0 Å². The third kappa shape index (κ3) is 5.97. The van der Waals surface area contributed by atoms with E-state index in [1.165, 1.54) is 32.4 Å². The molecule has 1 atom stereocenters. The van der Waals surface area contributed by atoms with Gasteiger partial charge in [-0.3, -0.25) is 30.0 Å². The number of benzene rings is 2. The lowest BCUT2D eigenvalue weighted by molar-refractivity contribution is -0.123. The number of methoxy groups -OCH3 is 1. The Morgan fingerprint density at radius 3 is 2.24 bits per heavy atom. The van der Waals surface area contributed by atoms with Crippen molar-refractivity contribution >= 4 is 29.3 Å². The van der Waals surface area contributed by atoms with Crippen LogP contribution >= 0.6 is 0 Å². The quantitative estimate of drug-likeness (QED) is 0.407. The topological polar surface area (TPSA) is 139 Å². The first-order valence-corrected chi connectivity index (χ1v) is 9.88. The summed E-state index contributed by atoms with van der Waals surface area (Å²) in [4.78, 5) is 49.4. The van der Waals surface area contributed by atoms with Crippen LogP contribution in [0.4, 0.5) is 5.69 Å². The van der Waals surface area contributed by atoms with E-state index in [9.17, 15) is 19.2 Å². The van der Waals surface area contributed by atoms with Crippen molar-refractivity contribution in [3.63, 3.8) is 0 Å². The Bertz CT molecular complexity index is 1140. The summed E-state index contributed by atoms with van der Waals surface area (Å²) in [6.45, 7) is 1.46. The van der Waals surface area contributed by atoms with E-state index in [1.54, 1.807) is 48.5 Å². The van der Waals surface area contributed by atoms with E-state index < -0.39 is 29.7 Å². The van der Waals surface area contributed by atoms with Crippen LogP contribution in [0, 0.1) is 0 Å². The Labute approximate surface area is 189 Å². The van der Waals surface area contributed by atoms with E-state index in [4.69, 9.17) is 9.15 Å². The highest BCUT2D eigenvalue weighted by molar-refractivity contribution is 6.08. The maximum absolute atomic E-state index is 12.7. The number of carbonyl (C=O) groups excluding carboxylic acids is 4. The summed E-state index contributed by atoms with van der Waals surface area (Å²) in [6.07, 6.45) is 1.36. The first-order chi connectivity index (χ1) is 15.9. The zero-order chi connectivity index (χ0) is 23.8. The van der Waals surface area contributed by atoms with Crippen molar-refractivity contribution in [2.45, 2.75) is 13.0 Å². The second kappa shape index (κ2) is 10.6. The van der Waals surface area contributed by atoms with Crippen molar-refractivity contribution in [2.24, 2.45) is 0 Å². The smallest absolute Gasteiger partial charge is 0.291 e. The molecule has 1 heterocycles. The van der Waals surface area contributed by atoms with Gasteiger partial charge in [0.1, 0.15) is 11.8 Å². The van der Waals surface area contributed by atoms with E-state index in [-0.39, 0.29) is 17.0 Å². The molecule has 0 unspecified atom stereocenters. The first kappa shape index (κ1) is 23.1. The van der Waals surface area contributed by atoms with Gasteiger partial charge in [0.05, 0.1) is 24.6 Å². The van der Waals surface area contributed by atoms with Crippen LogP contribution in [-0.4, -0.2) is 36.8 Å². The fraction of sp³-hybridized carbons (Fsp3) is 0.130. The molecule has 2 aromatic carbocycles. The Hall–Kier alpha value is -4.60. The highest BCUT2D eigenvalue weighted by Crippen LogP contribution is 2.17. The molecule has 10 heteroatoms. The Morgan fingerprint density at radius 2 is 1.58 bits per heavy atom. The van der Waals surface area contributed by atoms with E-state index in [0.717, 1.165) is 0 Å². The van der Waals surface area contributed by atoms with Crippen LogP contribution in [0.3, 0.4) is 0 Å². The largest absolute Gasteiger partial charge is 0.497 e. The lowest BCUT2D eigenvalue weighted by Crippen LogP contribution is -2.51. The zero-order valence-electron chi connectivity index (χ0n) is 17.9. The van der Waals surface area contributed by atoms with Crippen molar-refractivity contribution in [2.75, 3.05) is 12.4 Å². The standard InChI is InChI=1S/C23H22N4O6/c1-14(20(28)26-27-21(29)15-9-11-16(32-2)12-10-15)24-22(30)17-6-3-4-7-18(17)25-23(31)19-8-5-13-33-19/h3-14H,1-2H3,(H,24,30)(H,25,31)(H,26,28)(H,27,29)/t14-/m0/s1. The molecular formula is C23H22N4O6. The lowest BCUT2D eigenvalue weighted by Gasteiger charge is -2.16. The monoisotopic (exact) mass is 450 g/mol. The molecule has 3 rings (SSSR count). The summed E-state index contributed by atoms with van der Waals surface area (Å²) in [5.41, 5.74) is 5.26. The van der Waals surface area contributed by atoms with E-state index >= 15 is 0 Å². The van der Waals surface area contributed by atoms with Crippen molar-refractivity contribution in [1.29, 1.82) is 0 Å². The number of amides is 4. The number of rotatable bonds is 7. The van der Waals surface area contributed by atoms with Crippen LogP contribution in [0.15, 0.2) is 71.3 Å². The minimum absolute atomic E-state index is 0.0885.